The zero-order valence-electron chi connectivity index (χ0n) is 14.0. The van der Waals surface area contributed by atoms with Crippen LogP contribution in [0.1, 0.15) is 41.4 Å². The van der Waals surface area contributed by atoms with Crippen LogP contribution in [0.5, 0.6) is 0 Å². The number of benzene rings is 1. The molecule has 0 radical (unpaired) electrons. The summed E-state index contributed by atoms with van der Waals surface area (Å²) in [5.41, 5.74) is 1.14. The summed E-state index contributed by atoms with van der Waals surface area (Å²) in [4.78, 5) is 26.2. The van der Waals surface area contributed by atoms with Crippen LogP contribution >= 0.6 is 0 Å². The molecule has 0 bridgehead atoms. The number of hydrogen-bond donors (Lipinski definition) is 1. The van der Waals surface area contributed by atoms with Crippen molar-refractivity contribution in [2.24, 2.45) is 0 Å². The maximum atomic E-state index is 13.3. The van der Waals surface area contributed by atoms with Crippen LogP contribution in [0.25, 0.3) is 0 Å². The SMILES string of the molecule is CCCc1oncc1C(=O)NC1CC(=O)N(Cc2cccc(F)c2)C1. The van der Waals surface area contributed by atoms with Crippen LogP contribution in [-0.4, -0.2) is 34.5 Å². The third kappa shape index (κ3) is 4.04. The summed E-state index contributed by atoms with van der Waals surface area (Å²) in [5, 5.41) is 6.54. The van der Waals surface area contributed by atoms with Gasteiger partial charge in [-0.25, -0.2) is 4.39 Å². The number of nitrogens with zero attached hydrogens (tertiary/aromatic N) is 2. The molecule has 1 N–H and O–H groups in total. The van der Waals surface area contributed by atoms with Crippen LogP contribution in [0, 0.1) is 5.82 Å². The lowest BCUT2D eigenvalue weighted by Gasteiger charge is -2.17. The lowest BCUT2D eigenvalue weighted by molar-refractivity contribution is -0.128. The second-order valence-electron chi connectivity index (χ2n) is 6.19. The van der Waals surface area contributed by atoms with Gasteiger partial charge in [0.2, 0.25) is 5.91 Å². The Morgan fingerprint density at radius 2 is 2.32 bits per heavy atom. The van der Waals surface area contributed by atoms with Crippen molar-refractivity contribution in [1.82, 2.24) is 15.4 Å². The Bertz CT molecular complexity index is 774. The molecule has 6 nitrogen and oxygen atoms in total. The van der Waals surface area contributed by atoms with Gasteiger partial charge < -0.3 is 14.7 Å². The zero-order valence-corrected chi connectivity index (χ0v) is 14.0. The number of nitrogens with one attached hydrogen (secondary N) is 1. The van der Waals surface area contributed by atoms with E-state index in [4.69, 9.17) is 4.52 Å². The first-order valence-corrected chi connectivity index (χ1v) is 8.33. The molecule has 25 heavy (non-hydrogen) atoms. The van der Waals surface area contributed by atoms with Gasteiger partial charge in [-0.05, 0) is 24.1 Å². The number of rotatable bonds is 6. The molecule has 0 spiro atoms. The van der Waals surface area contributed by atoms with Gasteiger partial charge in [0, 0.05) is 25.9 Å². The fraction of sp³-hybridized carbons (Fsp3) is 0.389. The van der Waals surface area contributed by atoms with Gasteiger partial charge in [0.05, 0.1) is 12.2 Å². The van der Waals surface area contributed by atoms with Gasteiger partial charge in [-0.15, -0.1) is 0 Å². The Kier molecular flexibility index (Phi) is 5.11. The van der Waals surface area contributed by atoms with Crippen LogP contribution in [-0.2, 0) is 17.8 Å². The molecule has 2 heterocycles. The summed E-state index contributed by atoms with van der Waals surface area (Å²) in [6, 6.07) is 5.89. The normalized spacial score (nSPS) is 17.1. The number of hydrogen-bond acceptors (Lipinski definition) is 4. The molecule has 1 aliphatic rings. The van der Waals surface area contributed by atoms with E-state index < -0.39 is 0 Å². The predicted octanol–water partition coefficient (Wildman–Crippen LogP) is 2.30. The Morgan fingerprint density at radius 1 is 1.48 bits per heavy atom. The average Bonchev–Trinajstić information content (AvgIpc) is 3.15. The number of carbonyl (C=O) groups is 2. The van der Waals surface area contributed by atoms with E-state index in [1.807, 2.05) is 6.92 Å². The second-order valence-corrected chi connectivity index (χ2v) is 6.19. The summed E-state index contributed by atoms with van der Waals surface area (Å²) in [6.07, 6.45) is 3.12. The van der Waals surface area contributed by atoms with E-state index in [-0.39, 0.29) is 30.1 Å². The number of aromatic nitrogens is 1. The molecule has 0 saturated carbocycles. The van der Waals surface area contributed by atoms with E-state index in [1.54, 1.807) is 17.0 Å². The first-order valence-electron chi connectivity index (χ1n) is 8.33. The molecule has 1 atom stereocenters. The Labute approximate surface area is 145 Å². The molecule has 2 amide bonds. The Morgan fingerprint density at radius 3 is 3.08 bits per heavy atom. The molecule has 132 valence electrons. The van der Waals surface area contributed by atoms with Crippen LogP contribution in [0.3, 0.4) is 0 Å². The Hall–Kier alpha value is -2.70. The van der Waals surface area contributed by atoms with Crippen LogP contribution in [0.15, 0.2) is 35.0 Å². The van der Waals surface area contributed by atoms with E-state index in [9.17, 15) is 14.0 Å². The smallest absolute Gasteiger partial charge is 0.256 e. The minimum atomic E-state index is -0.329. The largest absolute Gasteiger partial charge is 0.361 e. The van der Waals surface area contributed by atoms with Crippen molar-refractivity contribution in [3.63, 3.8) is 0 Å². The lowest BCUT2D eigenvalue weighted by atomic mass is 10.1. The molecule has 2 aromatic rings. The molecular weight excluding hydrogens is 325 g/mol. The zero-order chi connectivity index (χ0) is 17.8. The average molecular weight is 345 g/mol. The highest BCUT2D eigenvalue weighted by molar-refractivity contribution is 5.95. The lowest BCUT2D eigenvalue weighted by Crippen LogP contribution is -2.37. The molecule has 3 rings (SSSR count). The van der Waals surface area contributed by atoms with Gasteiger partial charge in [-0.3, -0.25) is 9.59 Å². The first-order chi connectivity index (χ1) is 12.1. The summed E-state index contributed by atoms with van der Waals surface area (Å²) in [5.74, 6) is -0.116. The minimum absolute atomic E-state index is 0.0614. The summed E-state index contributed by atoms with van der Waals surface area (Å²) >= 11 is 0. The van der Waals surface area contributed by atoms with Gasteiger partial charge in [-0.1, -0.05) is 24.2 Å². The van der Waals surface area contributed by atoms with E-state index >= 15 is 0 Å². The van der Waals surface area contributed by atoms with Crippen LogP contribution < -0.4 is 5.32 Å². The summed E-state index contributed by atoms with van der Waals surface area (Å²) < 4.78 is 18.4. The van der Waals surface area contributed by atoms with E-state index in [1.165, 1.54) is 18.3 Å². The van der Waals surface area contributed by atoms with E-state index in [2.05, 4.69) is 10.5 Å². The minimum Gasteiger partial charge on any atom is -0.361 e. The molecule has 7 heteroatoms. The highest BCUT2D eigenvalue weighted by atomic mass is 19.1. The molecule has 1 aromatic heterocycles. The third-order valence-corrected chi connectivity index (χ3v) is 4.18. The molecule has 1 aliphatic heterocycles. The van der Waals surface area contributed by atoms with Crippen molar-refractivity contribution in [1.29, 1.82) is 0 Å². The maximum absolute atomic E-state index is 13.3. The number of carbonyl (C=O) groups excluding carboxylic acids is 2. The van der Waals surface area contributed by atoms with E-state index in [0.717, 1.165) is 12.0 Å². The van der Waals surface area contributed by atoms with Gasteiger partial charge >= 0.3 is 0 Å². The van der Waals surface area contributed by atoms with Crippen molar-refractivity contribution in [2.75, 3.05) is 6.54 Å². The molecule has 1 aromatic carbocycles. The van der Waals surface area contributed by atoms with Crippen molar-refractivity contribution in [2.45, 2.75) is 38.8 Å². The fourth-order valence-electron chi connectivity index (χ4n) is 3.00. The highest BCUT2D eigenvalue weighted by Crippen LogP contribution is 2.17. The van der Waals surface area contributed by atoms with Gasteiger partial charge in [0.1, 0.15) is 17.1 Å². The number of aryl methyl sites for hydroxylation is 1. The maximum Gasteiger partial charge on any atom is 0.256 e. The number of likely N-dealkylation sites (tertiary alicyclic amines) is 1. The van der Waals surface area contributed by atoms with Crippen molar-refractivity contribution in [3.05, 3.63) is 53.2 Å². The van der Waals surface area contributed by atoms with Crippen molar-refractivity contribution < 1.29 is 18.5 Å². The topological polar surface area (TPSA) is 75.4 Å². The monoisotopic (exact) mass is 345 g/mol. The molecular formula is C18H20FN3O3. The predicted molar refractivity (Wildman–Crippen MR) is 88.2 cm³/mol. The first kappa shape index (κ1) is 17.1. The summed E-state index contributed by atoms with van der Waals surface area (Å²) in [7, 11) is 0. The van der Waals surface area contributed by atoms with Gasteiger partial charge in [0.25, 0.3) is 5.91 Å². The molecule has 1 unspecified atom stereocenters. The van der Waals surface area contributed by atoms with Crippen molar-refractivity contribution >= 4 is 11.8 Å². The van der Waals surface area contributed by atoms with E-state index in [0.29, 0.717) is 30.8 Å². The van der Waals surface area contributed by atoms with Crippen LogP contribution in [0.4, 0.5) is 4.39 Å². The molecule has 1 fully saturated rings. The fourth-order valence-corrected chi connectivity index (χ4v) is 3.00. The van der Waals surface area contributed by atoms with Gasteiger partial charge in [-0.2, -0.15) is 0 Å². The number of amides is 2. The quantitative estimate of drug-likeness (QED) is 0.872. The Balaban J connectivity index is 1.60. The third-order valence-electron chi connectivity index (χ3n) is 4.18. The molecule has 0 aliphatic carbocycles. The highest BCUT2D eigenvalue weighted by Gasteiger charge is 2.31. The molecule has 1 saturated heterocycles. The van der Waals surface area contributed by atoms with Crippen molar-refractivity contribution in [3.8, 4) is 0 Å². The standard InChI is InChI=1S/C18H20FN3O3/c1-2-4-16-15(9-20-25-16)18(24)21-14-8-17(23)22(11-14)10-12-5-3-6-13(19)7-12/h3,5-7,9,14H,2,4,8,10-11H2,1H3,(H,21,24). The van der Waals surface area contributed by atoms with Gasteiger partial charge in [0.15, 0.2) is 0 Å². The second kappa shape index (κ2) is 7.46. The van der Waals surface area contributed by atoms with Crippen LogP contribution in [0.2, 0.25) is 0 Å². The summed E-state index contributed by atoms with van der Waals surface area (Å²) in [6.45, 7) is 2.72. The number of halogens is 1.